The highest BCUT2D eigenvalue weighted by Crippen LogP contribution is 2.19. The minimum atomic E-state index is -0.362. The van der Waals surface area contributed by atoms with Gasteiger partial charge in [-0.05, 0) is 29.8 Å². The van der Waals surface area contributed by atoms with Crippen LogP contribution in [0.15, 0.2) is 53.7 Å². The Morgan fingerprint density at radius 1 is 1.24 bits per heavy atom. The van der Waals surface area contributed by atoms with Crippen molar-refractivity contribution in [2.24, 2.45) is 11.1 Å². The molecule has 0 fully saturated rings. The summed E-state index contributed by atoms with van der Waals surface area (Å²) < 4.78 is 17.6. The summed E-state index contributed by atoms with van der Waals surface area (Å²) in [5, 5.41) is 13.8. The third-order valence-corrected chi connectivity index (χ3v) is 3.62. The van der Waals surface area contributed by atoms with Gasteiger partial charge in [0.2, 0.25) is 0 Å². The number of benzene rings is 2. The lowest BCUT2D eigenvalue weighted by Gasteiger charge is -2.14. The van der Waals surface area contributed by atoms with Gasteiger partial charge in [0.15, 0.2) is 0 Å². The van der Waals surface area contributed by atoms with Crippen molar-refractivity contribution in [3.8, 4) is 5.75 Å². The standard InChI is InChI=1S/C19H20FNO4/c1-13(10-18(23)24-2)19(15-4-3-5-17(22)11-15)21-25-12-14-6-8-16(20)9-7-14/h3-9,11,13,22H,10,12H2,1-2H3. The van der Waals surface area contributed by atoms with Gasteiger partial charge in [-0.25, -0.2) is 4.39 Å². The predicted octanol–water partition coefficient (Wildman–Crippen LogP) is 3.65. The number of phenolic OH excluding ortho intramolecular Hbond substituents is 1. The van der Waals surface area contributed by atoms with Crippen molar-refractivity contribution in [3.63, 3.8) is 0 Å². The van der Waals surface area contributed by atoms with Gasteiger partial charge in [-0.3, -0.25) is 4.79 Å². The van der Waals surface area contributed by atoms with Crippen molar-refractivity contribution in [2.45, 2.75) is 20.0 Å². The van der Waals surface area contributed by atoms with Gasteiger partial charge in [0, 0.05) is 11.5 Å². The van der Waals surface area contributed by atoms with Gasteiger partial charge < -0.3 is 14.7 Å². The van der Waals surface area contributed by atoms with Gasteiger partial charge >= 0.3 is 5.97 Å². The molecule has 0 aliphatic rings. The van der Waals surface area contributed by atoms with Crippen molar-refractivity contribution in [3.05, 3.63) is 65.5 Å². The van der Waals surface area contributed by atoms with Crippen LogP contribution in [0.2, 0.25) is 0 Å². The summed E-state index contributed by atoms with van der Waals surface area (Å²) in [6.07, 6.45) is 0.130. The van der Waals surface area contributed by atoms with Crippen molar-refractivity contribution in [1.82, 2.24) is 0 Å². The average molecular weight is 345 g/mol. The van der Waals surface area contributed by atoms with Crippen LogP contribution in [0.3, 0.4) is 0 Å². The zero-order valence-electron chi connectivity index (χ0n) is 14.1. The normalized spacial score (nSPS) is 12.5. The molecule has 2 aromatic carbocycles. The Hall–Kier alpha value is -2.89. The van der Waals surface area contributed by atoms with Gasteiger partial charge in [0.25, 0.3) is 0 Å². The molecular weight excluding hydrogens is 325 g/mol. The minimum Gasteiger partial charge on any atom is -0.508 e. The molecule has 132 valence electrons. The van der Waals surface area contributed by atoms with E-state index in [4.69, 9.17) is 9.57 Å². The lowest BCUT2D eigenvalue weighted by Crippen LogP contribution is -2.18. The molecule has 0 aliphatic carbocycles. The summed E-state index contributed by atoms with van der Waals surface area (Å²) in [6.45, 7) is 1.98. The minimum absolute atomic E-state index is 0.0917. The van der Waals surface area contributed by atoms with E-state index in [1.807, 2.05) is 6.92 Å². The number of carbonyl (C=O) groups is 1. The number of esters is 1. The Morgan fingerprint density at radius 2 is 1.96 bits per heavy atom. The first-order valence-corrected chi connectivity index (χ1v) is 7.80. The van der Waals surface area contributed by atoms with Gasteiger partial charge in [-0.15, -0.1) is 0 Å². The predicted molar refractivity (Wildman–Crippen MR) is 91.6 cm³/mol. The fourth-order valence-corrected chi connectivity index (χ4v) is 2.28. The maximum Gasteiger partial charge on any atom is 0.306 e. The maximum atomic E-state index is 12.9. The molecular formula is C19H20FNO4. The summed E-state index contributed by atoms with van der Waals surface area (Å²) in [5.41, 5.74) is 1.93. The topological polar surface area (TPSA) is 68.1 Å². The van der Waals surface area contributed by atoms with Crippen molar-refractivity contribution in [2.75, 3.05) is 7.11 Å². The van der Waals surface area contributed by atoms with Gasteiger partial charge in [-0.1, -0.05) is 36.3 Å². The molecule has 0 spiro atoms. The SMILES string of the molecule is COC(=O)CC(C)C(=NOCc1ccc(F)cc1)c1cccc(O)c1. The highest BCUT2D eigenvalue weighted by Gasteiger charge is 2.18. The summed E-state index contributed by atoms with van der Waals surface area (Å²) in [7, 11) is 1.32. The van der Waals surface area contributed by atoms with Crippen LogP contribution >= 0.6 is 0 Å². The first-order valence-electron chi connectivity index (χ1n) is 7.80. The third-order valence-electron chi connectivity index (χ3n) is 3.62. The third kappa shape index (κ3) is 5.60. The summed E-state index contributed by atoms with van der Waals surface area (Å²) >= 11 is 0. The molecule has 25 heavy (non-hydrogen) atoms. The van der Waals surface area contributed by atoms with E-state index in [1.54, 1.807) is 36.4 Å². The van der Waals surface area contributed by atoms with E-state index in [-0.39, 0.29) is 36.5 Å². The highest BCUT2D eigenvalue weighted by atomic mass is 19.1. The number of phenols is 1. The average Bonchev–Trinajstić information content (AvgIpc) is 2.60. The van der Waals surface area contributed by atoms with Crippen LogP contribution in [0.25, 0.3) is 0 Å². The second kappa shape index (κ2) is 8.82. The maximum absolute atomic E-state index is 12.9. The number of nitrogens with zero attached hydrogens (tertiary/aromatic N) is 1. The second-order valence-electron chi connectivity index (χ2n) is 5.61. The number of oxime groups is 1. The molecule has 0 aromatic heterocycles. The number of hydrogen-bond acceptors (Lipinski definition) is 5. The van der Waals surface area contributed by atoms with Crippen LogP contribution in [-0.2, 0) is 21.0 Å². The molecule has 6 heteroatoms. The number of rotatable bonds is 7. The molecule has 0 saturated heterocycles. The number of ether oxygens (including phenoxy) is 1. The molecule has 0 bridgehead atoms. The highest BCUT2D eigenvalue weighted by molar-refractivity contribution is 6.03. The first-order chi connectivity index (χ1) is 12.0. The van der Waals surface area contributed by atoms with Crippen LogP contribution in [-0.4, -0.2) is 23.9 Å². The van der Waals surface area contributed by atoms with Crippen molar-refractivity contribution >= 4 is 11.7 Å². The number of carbonyl (C=O) groups excluding carboxylic acids is 1. The van der Waals surface area contributed by atoms with Crippen LogP contribution in [0.4, 0.5) is 4.39 Å². The van der Waals surface area contributed by atoms with Crippen LogP contribution in [0, 0.1) is 11.7 Å². The Morgan fingerprint density at radius 3 is 2.60 bits per heavy atom. The molecule has 1 N–H and O–H groups in total. The van der Waals surface area contributed by atoms with E-state index < -0.39 is 0 Å². The van der Waals surface area contributed by atoms with E-state index in [0.717, 1.165) is 5.56 Å². The molecule has 2 aromatic rings. The fourth-order valence-electron chi connectivity index (χ4n) is 2.28. The number of halogens is 1. The second-order valence-corrected chi connectivity index (χ2v) is 5.61. The molecule has 0 amide bonds. The zero-order valence-corrected chi connectivity index (χ0v) is 14.1. The Bertz CT molecular complexity index is 743. The Kier molecular flexibility index (Phi) is 6.51. The van der Waals surface area contributed by atoms with E-state index in [1.165, 1.54) is 19.2 Å². The smallest absolute Gasteiger partial charge is 0.306 e. The van der Waals surface area contributed by atoms with Crippen molar-refractivity contribution in [1.29, 1.82) is 0 Å². The fraction of sp³-hybridized carbons (Fsp3) is 0.263. The molecule has 0 saturated carbocycles. The molecule has 2 rings (SSSR count). The van der Waals surface area contributed by atoms with E-state index in [2.05, 4.69) is 5.16 Å². The molecule has 0 heterocycles. The molecule has 1 atom stereocenters. The number of methoxy groups -OCH3 is 1. The Balaban J connectivity index is 2.17. The zero-order chi connectivity index (χ0) is 18.2. The molecule has 1 unspecified atom stereocenters. The lowest BCUT2D eigenvalue weighted by atomic mass is 9.95. The van der Waals surface area contributed by atoms with Gasteiger partial charge in [0.1, 0.15) is 18.2 Å². The van der Waals surface area contributed by atoms with Crippen LogP contribution in [0.1, 0.15) is 24.5 Å². The quantitative estimate of drug-likeness (QED) is 0.472. The summed E-state index contributed by atoms with van der Waals surface area (Å²) in [4.78, 5) is 16.9. The molecule has 0 aliphatic heterocycles. The number of hydrogen-bond donors (Lipinski definition) is 1. The summed E-state index contributed by atoms with van der Waals surface area (Å²) in [6, 6.07) is 12.5. The summed E-state index contributed by atoms with van der Waals surface area (Å²) in [5.74, 6) is -0.866. The number of aromatic hydroxyl groups is 1. The van der Waals surface area contributed by atoms with Crippen LogP contribution < -0.4 is 0 Å². The van der Waals surface area contributed by atoms with Gasteiger partial charge in [-0.2, -0.15) is 0 Å². The lowest BCUT2D eigenvalue weighted by molar-refractivity contribution is -0.141. The van der Waals surface area contributed by atoms with Gasteiger partial charge in [0.05, 0.1) is 19.2 Å². The van der Waals surface area contributed by atoms with E-state index in [9.17, 15) is 14.3 Å². The first kappa shape index (κ1) is 18.4. The monoisotopic (exact) mass is 345 g/mol. The molecule has 0 radical (unpaired) electrons. The largest absolute Gasteiger partial charge is 0.508 e. The van der Waals surface area contributed by atoms with Crippen molar-refractivity contribution < 1.29 is 23.9 Å². The van der Waals surface area contributed by atoms with E-state index in [0.29, 0.717) is 11.3 Å². The Labute approximate surface area is 145 Å². The van der Waals surface area contributed by atoms with E-state index >= 15 is 0 Å². The van der Waals surface area contributed by atoms with Crippen LogP contribution in [0.5, 0.6) is 5.75 Å². The molecule has 5 nitrogen and oxygen atoms in total.